The van der Waals surface area contributed by atoms with Crippen molar-refractivity contribution < 1.29 is 18.3 Å². The summed E-state index contributed by atoms with van der Waals surface area (Å²) in [7, 11) is -3.77. The van der Waals surface area contributed by atoms with Crippen LogP contribution in [0.3, 0.4) is 0 Å². The van der Waals surface area contributed by atoms with Crippen molar-refractivity contribution in [2.45, 2.75) is 31.1 Å². The first-order chi connectivity index (χ1) is 9.85. The quantitative estimate of drug-likeness (QED) is 0.811. The number of hydrogen-bond donors (Lipinski definition) is 2. The van der Waals surface area contributed by atoms with Crippen molar-refractivity contribution in [2.75, 3.05) is 0 Å². The number of aromatic nitrogens is 3. The molecule has 10 heteroatoms. The summed E-state index contributed by atoms with van der Waals surface area (Å²) in [6.07, 6.45) is 1.52. The second kappa shape index (κ2) is 5.92. The summed E-state index contributed by atoms with van der Waals surface area (Å²) in [5, 5.41) is 16.5. The van der Waals surface area contributed by atoms with Crippen LogP contribution in [-0.4, -0.2) is 34.3 Å². The van der Waals surface area contributed by atoms with E-state index in [1.54, 1.807) is 11.5 Å². The molecular formula is C11H14N4O4S2. The van der Waals surface area contributed by atoms with Crippen molar-refractivity contribution in [3.05, 3.63) is 28.7 Å². The van der Waals surface area contributed by atoms with Crippen LogP contribution in [0.5, 0.6) is 0 Å². The largest absolute Gasteiger partial charge is 0.477 e. The fourth-order valence-corrected chi connectivity index (χ4v) is 4.11. The summed E-state index contributed by atoms with van der Waals surface area (Å²) < 4.78 is 28.4. The zero-order valence-corrected chi connectivity index (χ0v) is 13.0. The number of carbonyl (C=O) groups is 1. The first-order valence-electron chi connectivity index (χ1n) is 6.05. The predicted octanol–water partition coefficient (Wildman–Crippen LogP) is 0.845. The highest BCUT2D eigenvalue weighted by molar-refractivity contribution is 7.91. The van der Waals surface area contributed by atoms with Gasteiger partial charge in [0.05, 0.1) is 6.54 Å². The van der Waals surface area contributed by atoms with E-state index >= 15 is 0 Å². The van der Waals surface area contributed by atoms with Crippen molar-refractivity contribution in [1.29, 1.82) is 0 Å². The second-order valence-corrected chi connectivity index (χ2v) is 7.29. The number of carboxylic acids is 1. The molecule has 0 amide bonds. The minimum absolute atomic E-state index is 0.00444. The Bertz CT molecular complexity index is 763. The van der Waals surface area contributed by atoms with Crippen LogP contribution in [-0.2, 0) is 23.1 Å². The number of aromatic carboxylic acids is 1. The highest BCUT2D eigenvalue weighted by Gasteiger charge is 2.22. The van der Waals surface area contributed by atoms with Gasteiger partial charge in [0.15, 0.2) is 0 Å². The number of nitrogens with zero attached hydrogens (tertiary/aromatic N) is 3. The lowest BCUT2D eigenvalue weighted by Gasteiger charge is -2.05. The first-order valence-corrected chi connectivity index (χ1v) is 8.35. The van der Waals surface area contributed by atoms with Crippen LogP contribution in [0.4, 0.5) is 0 Å². The maximum Gasteiger partial charge on any atom is 0.346 e. The molecule has 114 valence electrons. The lowest BCUT2D eigenvalue weighted by atomic mass is 10.3. The Labute approximate surface area is 125 Å². The van der Waals surface area contributed by atoms with Gasteiger partial charge in [0, 0.05) is 6.54 Å². The van der Waals surface area contributed by atoms with Gasteiger partial charge in [0.25, 0.3) is 0 Å². The number of thiophene rings is 1. The number of sulfonamides is 1. The van der Waals surface area contributed by atoms with E-state index in [9.17, 15) is 13.2 Å². The molecule has 0 saturated carbocycles. The van der Waals surface area contributed by atoms with Crippen LogP contribution in [0.1, 0.15) is 28.0 Å². The molecule has 8 nitrogen and oxygen atoms in total. The highest BCUT2D eigenvalue weighted by Crippen LogP contribution is 2.25. The number of rotatable bonds is 6. The van der Waals surface area contributed by atoms with Crippen molar-refractivity contribution in [2.24, 2.45) is 0 Å². The van der Waals surface area contributed by atoms with Crippen LogP contribution in [0, 0.1) is 6.92 Å². The molecule has 2 aromatic heterocycles. The monoisotopic (exact) mass is 330 g/mol. The van der Waals surface area contributed by atoms with Crippen LogP contribution in [0.25, 0.3) is 0 Å². The van der Waals surface area contributed by atoms with E-state index in [0.29, 0.717) is 17.9 Å². The van der Waals surface area contributed by atoms with Crippen molar-refractivity contribution in [3.8, 4) is 0 Å². The molecule has 0 aromatic carbocycles. The molecule has 0 atom stereocenters. The Morgan fingerprint density at radius 1 is 1.52 bits per heavy atom. The van der Waals surface area contributed by atoms with Gasteiger partial charge in [-0.25, -0.2) is 17.9 Å². The second-order valence-electron chi connectivity index (χ2n) is 4.24. The number of carboxylic acid groups (broad SMARTS) is 1. The Hall–Kier alpha value is -1.78. The number of nitrogens with one attached hydrogen (secondary N) is 1. The van der Waals surface area contributed by atoms with Gasteiger partial charge in [-0.15, -0.1) is 21.5 Å². The highest BCUT2D eigenvalue weighted by atomic mass is 32.2. The molecule has 2 aromatic rings. The summed E-state index contributed by atoms with van der Waals surface area (Å²) in [6, 6.07) is 1.35. The maximum absolute atomic E-state index is 12.2. The third-order valence-electron chi connectivity index (χ3n) is 2.81. The lowest BCUT2D eigenvalue weighted by Crippen LogP contribution is -2.24. The van der Waals surface area contributed by atoms with E-state index in [1.165, 1.54) is 12.4 Å². The SMILES string of the molecule is CCn1cnnc1CNS(=O)(=O)c1cc(C)c(C(=O)O)s1. The van der Waals surface area contributed by atoms with Gasteiger partial charge in [0.1, 0.15) is 21.2 Å². The zero-order valence-electron chi connectivity index (χ0n) is 11.4. The minimum Gasteiger partial charge on any atom is -0.477 e. The third-order valence-corrected chi connectivity index (χ3v) is 5.91. The van der Waals surface area contributed by atoms with E-state index in [-0.39, 0.29) is 15.6 Å². The molecule has 0 saturated heterocycles. The molecule has 0 aliphatic rings. The Balaban J connectivity index is 2.19. The Morgan fingerprint density at radius 2 is 2.24 bits per heavy atom. The van der Waals surface area contributed by atoms with Gasteiger partial charge in [-0.1, -0.05) is 0 Å². The number of aryl methyl sites for hydroxylation is 2. The predicted molar refractivity (Wildman–Crippen MR) is 75.7 cm³/mol. The zero-order chi connectivity index (χ0) is 15.6. The van der Waals surface area contributed by atoms with Crippen molar-refractivity contribution in [3.63, 3.8) is 0 Å². The summed E-state index contributed by atoms with van der Waals surface area (Å²) in [4.78, 5) is 11.0. The molecule has 0 aliphatic carbocycles. The van der Waals surface area contributed by atoms with Crippen molar-refractivity contribution >= 4 is 27.3 Å². The van der Waals surface area contributed by atoms with E-state index in [1.807, 2.05) is 6.92 Å². The molecule has 0 spiro atoms. The summed E-state index contributed by atoms with van der Waals surface area (Å²) in [5.41, 5.74) is 0.421. The molecule has 0 fully saturated rings. The molecule has 2 heterocycles. The van der Waals surface area contributed by atoms with Crippen LogP contribution in [0.2, 0.25) is 0 Å². The Kier molecular flexibility index (Phi) is 4.40. The van der Waals surface area contributed by atoms with Gasteiger partial charge < -0.3 is 9.67 Å². The molecule has 21 heavy (non-hydrogen) atoms. The van der Waals surface area contributed by atoms with Gasteiger partial charge in [-0.05, 0) is 25.5 Å². The van der Waals surface area contributed by atoms with E-state index in [2.05, 4.69) is 14.9 Å². The first kappa shape index (κ1) is 15.6. The molecule has 0 unspecified atom stereocenters. The minimum atomic E-state index is -3.77. The van der Waals surface area contributed by atoms with Gasteiger partial charge in [0.2, 0.25) is 10.0 Å². The molecule has 2 rings (SSSR count). The van der Waals surface area contributed by atoms with Gasteiger partial charge in [-0.3, -0.25) is 0 Å². The standard InChI is InChI=1S/C11H14N4O4S2/c1-3-15-6-12-14-8(15)5-13-21(18,19)9-4-7(2)10(20-9)11(16)17/h4,6,13H,3,5H2,1-2H3,(H,16,17). The topological polar surface area (TPSA) is 114 Å². The van der Waals surface area contributed by atoms with E-state index in [4.69, 9.17) is 5.11 Å². The van der Waals surface area contributed by atoms with Crippen molar-refractivity contribution in [1.82, 2.24) is 19.5 Å². The molecule has 0 aliphatic heterocycles. The molecule has 0 radical (unpaired) electrons. The lowest BCUT2D eigenvalue weighted by molar-refractivity contribution is 0.0701. The summed E-state index contributed by atoms with van der Waals surface area (Å²) in [6.45, 7) is 4.08. The summed E-state index contributed by atoms with van der Waals surface area (Å²) in [5.74, 6) is -0.641. The van der Waals surface area contributed by atoms with E-state index in [0.717, 1.165) is 11.3 Å². The maximum atomic E-state index is 12.2. The van der Waals surface area contributed by atoms with Gasteiger partial charge in [-0.2, -0.15) is 0 Å². The normalized spacial score (nSPS) is 11.7. The summed E-state index contributed by atoms with van der Waals surface area (Å²) >= 11 is 0.729. The average Bonchev–Trinajstić information content (AvgIpc) is 3.02. The fraction of sp³-hybridized carbons (Fsp3) is 0.364. The Morgan fingerprint density at radius 3 is 2.81 bits per heavy atom. The number of hydrogen-bond acceptors (Lipinski definition) is 6. The van der Waals surface area contributed by atoms with Gasteiger partial charge >= 0.3 is 5.97 Å². The molecular weight excluding hydrogens is 316 g/mol. The fourth-order valence-electron chi connectivity index (χ4n) is 1.71. The van der Waals surface area contributed by atoms with Crippen LogP contribution < -0.4 is 4.72 Å². The van der Waals surface area contributed by atoms with E-state index < -0.39 is 16.0 Å². The average molecular weight is 330 g/mol. The third kappa shape index (κ3) is 3.28. The van der Waals surface area contributed by atoms with Crippen LogP contribution in [0.15, 0.2) is 16.6 Å². The molecule has 0 bridgehead atoms. The molecule has 2 N–H and O–H groups in total. The van der Waals surface area contributed by atoms with Crippen LogP contribution >= 0.6 is 11.3 Å². The smallest absolute Gasteiger partial charge is 0.346 e.